The molecular formula is C13H20N2O2. The van der Waals surface area contributed by atoms with E-state index < -0.39 is 5.97 Å². The minimum Gasteiger partial charge on any atom is -0.481 e. The van der Waals surface area contributed by atoms with Crippen LogP contribution in [-0.2, 0) is 16.8 Å². The maximum Gasteiger partial charge on any atom is 0.304 e. The Morgan fingerprint density at radius 2 is 2.29 bits per heavy atom. The van der Waals surface area contributed by atoms with Crippen LogP contribution in [-0.4, -0.2) is 20.9 Å². The van der Waals surface area contributed by atoms with Gasteiger partial charge in [-0.25, -0.2) is 0 Å². The lowest BCUT2D eigenvalue weighted by Crippen LogP contribution is -2.37. The summed E-state index contributed by atoms with van der Waals surface area (Å²) >= 11 is 0. The lowest BCUT2D eigenvalue weighted by Gasteiger charge is -2.39. The Morgan fingerprint density at radius 3 is 2.76 bits per heavy atom. The topological polar surface area (TPSA) is 55.1 Å². The van der Waals surface area contributed by atoms with E-state index in [9.17, 15) is 4.79 Å². The van der Waals surface area contributed by atoms with Gasteiger partial charge in [0, 0.05) is 18.2 Å². The number of carboxylic acid groups (broad SMARTS) is 1. The van der Waals surface area contributed by atoms with E-state index in [1.807, 2.05) is 16.9 Å². The summed E-state index contributed by atoms with van der Waals surface area (Å²) in [6.07, 6.45) is 5.21. The quantitative estimate of drug-likeness (QED) is 0.854. The van der Waals surface area contributed by atoms with Crippen molar-refractivity contribution in [3.8, 4) is 0 Å². The van der Waals surface area contributed by atoms with E-state index >= 15 is 0 Å². The molecule has 0 aromatic carbocycles. The second-order valence-corrected chi connectivity index (χ2v) is 5.52. The molecule has 1 heterocycles. The summed E-state index contributed by atoms with van der Waals surface area (Å²) in [7, 11) is 0. The number of nitrogens with zero attached hydrogens (tertiary/aromatic N) is 2. The van der Waals surface area contributed by atoms with Crippen molar-refractivity contribution in [2.24, 2.45) is 5.92 Å². The molecule has 0 saturated heterocycles. The fourth-order valence-electron chi connectivity index (χ4n) is 2.54. The number of rotatable bonds is 5. The minimum absolute atomic E-state index is 0.186. The molecule has 0 radical (unpaired) electrons. The van der Waals surface area contributed by atoms with E-state index in [4.69, 9.17) is 5.11 Å². The molecule has 4 heteroatoms. The van der Waals surface area contributed by atoms with Crippen LogP contribution in [0.15, 0.2) is 12.3 Å². The number of aromatic nitrogens is 2. The molecule has 0 bridgehead atoms. The van der Waals surface area contributed by atoms with Crippen LogP contribution >= 0.6 is 0 Å². The molecule has 1 aliphatic rings. The van der Waals surface area contributed by atoms with Crippen molar-refractivity contribution in [1.29, 1.82) is 0 Å². The molecule has 0 atom stereocenters. The molecule has 1 saturated carbocycles. The predicted octanol–water partition coefficient (Wildman–Crippen LogP) is 2.44. The average Bonchev–Trinajstić information content (AvgIpc) is 2.58. The smallest absolute Gasteiger partial charge is 0.304 e. The number of hydrogen-bond acceptors (Lipinski definition) is 2. The van der Waals surface area contributed by atoms with Gasteiger partial charge in [0.1, 0.15) is 0 Å². The lowest BCUT2D eigenvalue weighted by molar-refractivity contribution is -0.139. The van der Waals surface area contributed by atoms with Crippen LogP contribution in [0.2, 0.25) is 0 Å². The number of aliphatic carboxylic acids is 1. The van der Waals surface area contributed by atoms with Gasteiger partial charge in [0.25, 0.3) is 0 Å². The van der Waals surface area contributed by atoms with Crippen LogP contribution in [0.5, 0.6) is 0 Å². The van der Waals surface area contributed by atoms with Crippen molar-refractivity contribution >= 4 is 5.97 Å². The van der Waals surface area contributed by atoms with Crippen LogP contribution in [0.25, 0.3) is 0 Å². The van der Waals surface area contributed by atoms with E-state index in [-0.39, 0.29) is 11.8 Å². The Hall–Kier alpha value is -1.32. The van der Waals surface area contributed by atoms with Crippen LogP contribution in [0, 0.1) is 5.92 Å². The van der Waals surface area contributed by atoms with Crippen molar-refractivity contribution < 1.29 is 9.90 Å². The van der Waals surface area contributed by atoms with Gasteiger partial charge in [-0.05, 0) is 24.8 Å². The third-order valence-electron chi connectivity index (χ3n) is 3.54. The van der Waals surface area contributed by atoms with Gasteiger partial charge in [-0.15, -0.1) is 0 Å². The van der Waals surface area contributed by atoms with Gasteiger partial charge in [0.2, 0.25) is 0 Å². The highest BCUT2D eigenvalue weighted by Crippen LogP contribution is 2.45. The van der Waals surface area contributed by atoms with Crippen LogP contribution in [0.1, 0.15) is 45.2 Å². The molecule has 1 aromatic rings. The Kier molecular flexibility index (Phi) is 3.22. The van der Waals surface area contributed by atoms with Crippen LogP contribution in [0.3, 0.4) is 0 Å². The Bertz CT molecular complexity index is 405. The zero-order valence-corrected chi connectivity index (χ0v) is 10.5. The minimum atomic E-state index is -0.719. The largest absolute Gasteiger partial charge is 0.481 e. The SMILES string of the molecule is CC(C)Cn1ccc(C2(CC(=O)O)CCC2)n1. The molecule has 94 valence electrons. The van der Waals surface area contributed by atoms with Crippen LogP contribution in [0.4, 0.5) is 0 Å². The second kappa shape index (κ2) is 4.51. The molecule has 4 nitrogen and oxygen atoms in total. The monoisotopic (exact) mass is 236 g/mol. The van der Waals surface area contributed by atoms with Crippen molar-refractivity contribution in [1.82, 2.24) is 9.78 Å². The fraction of sp³-hybridized carbons (Fsp3) is 0.692. The number of carboxylic acids is 1. The zero-order chi connectivity index (χ0) is 12.5. The molecular weight excluding hydrogens is 216 g/mol. The Labute approximate surface area is 102 Å². The van der Waals surface area contributed by atoms with Gasteiger partial charge in [-0.1, -0.05) is 20.3 Å². The maximum atomic E-state index is 10.9. The first-order chi connectivity index (χ1) is 8.02. The molecule has 0 amide bonds. The van der Waals surface area contributed by atoms with E-state index in [0.717, 1.165) is 31.5 Å². The first-order valence-corrected chi connectivity index (χ1v) is 6.27. The van der Waals surface area contributed by atoms with Crippen molar-refractivity contribution in [3.63, 3.8) is 0 Å². The van der Waals surface area contributed by atoms with E-state index in [2.05, 4.69) is 18.9 Å². The summed E-state index contributed by atoms with van der Waals surface area (Å²) in [5.41, 5.74) is 0.778. The highest BCUT2D eigenvalue weighted by Gasteiger charge is 2.42. The molecule has 1 aromatic heterocycles. The van der Waals surface area contributed by atoms with Crippen LogP contribution < -0.4 is 0 Å². The maximum absolute atomic E-state index is 10.9. The summed E-state index contributed by atoms with van der Waals surface area (Å²) in [5, 5.41) is 13.5. The highest BCUT2D eigenvalue weighted by molar-refractivity contribution is 5.69. The third kappa shape index (κ3) is 2.51. The molecule has 2 rings (SSSR count). The summed E-state index contributed by atoms with van der Waals surface area (Å²) in [6.45, 7) is 5.19. The summed E-state index contributed by atoms with van der Waals surface area (Å²) in [6, 6.07) is 1.99. The number of carbonyl (C=O) groups is 1. The van der Waals surface area contributed by atoms with Gasteiger partial charge in [-0.2, -0.15) is 5.10 Å². The van der Waals surface area contributed by atoms with Gasteiger partial charge < -0.3 is 5.11 Å². The zero-order valence-electron chi connectivity index (χ0n) is 10.5. The van der Waals surface area contributed by atoms with Crippen molar-refractivity contribution in [2.45, 2.75) is 51.5 Å². The molecule has 1 N–H and O–H groups in total. The fourth-order valence-corrected chi connectivity index (χ4v) is 2.54. The van der Waals surface area contributed by atoms with E-state index in [0.29, 0.717) is 5.92 Å². The van der Waals surface area contributed by atoms with Crippen molar-refractivity contribution in [3.05, 3.63) is 18.0 Å². The summed E-state index contributed by atoms with van der Waals surface area (Å²) in [4.78, 5) is 10.9. The third-order valence-corrected chi connectivity index (χ3v) is 3.54. The first kappa shape index (κ1) is 12.1. The van der Waals surface area contributed by atoms with Gasteiger partial charge >= 0.3 is 5.97 Å². The lowest BCUT2D eigenvalue weighted by atomic mass is 9.64. The second-order valence-electron chi connectivity index (χ2n) is 5.52. The summed E-state index contributed by atoms with van der Waals surface area (Å²) < 4.78 is 1.93. The Morgan fingerprint density at radius 1 is 1.59 bits per heavy atom. The van der Waals surface area contributed by atoms with Crippen molar-refractivity contribution in [2.75, 3.05) is 0 Å². The molecule has 0 spiro atoms. The molecule has 0 unspecified atom stereocenters. The van der Waals surface area contributed by atoms with Gasteiger partial charge in [0.15, 0.2) is 0 Å². The van der Waals surface area contributed by atoms with Gasteiger partial charge in [-0.3, -0.25) is 9.48 Å². The van der Waals surface area contributed by atoms with E-state index in [1.165, 1.54) is 0 Å². The molecule has 0 aliphatic heterocycles. The molecule has 1 aliphatic carbocycles. The normalized spacial score (nSPS) is 18.1. The number of hydrogen-bond donors (Lipinski definition) is 1. The predicted molar refractivity (Wildman–Crippen MR) is 64.8 cm³/mol. The van der Waals surface area contributed by atoms with E-state index in [1.54, 1.807) is 0 Å². The molecule has 17 heavy (non-hydrogen) atoms. The average molecular weight is 236 g/mol. The van der Waals surface area contributed by atoms with Gasteiger partial charge in [0.05, 0.1) is 12.1 Å². The molecule has 1 fully saturated rings. The Balaban J connectivity index is 2.14. The summed E-state index contributed by atoms with van der Waals surface area (Å²) in [5.74, 6) is -0.164. The highest BCUT2D eigenvalue weighted by atomic mass is 16.4. The first-order valence-electron chi connectivity index (χ1n) is 6.27. The standard InChI is InChI=1S/C13H20N2O2/c1-10(2)9-15-7-4-11(14-15)13(5-3-6-13)8-12(16)17/h4,7,10H,3,5-6,8-9H2,1-2H3,(H,16,17).